The van der Waals surface area contributed by atoms with Gasteiger partial charge in [0.2, 0.25) is 0 Å². The van der Waals surface area contributed by atoms with Gasteiger partial charge in [0.1, 0.15) is 11.5 Å². The molecule has 0 aliphatic carbocycles. The smallest absolute Gasteiger partial charge is 0.358 e. The molecule has 0 spiro atoms. The number of carbonyl (C=O) groups excluding carboxylic acids is 1. The molecule has 1 atom stereocenters. The second kappa shape index (κ2) is 7.20. The number of ether oxygens (including phenoxy) is 2. The van der Waals surface area contributed by atoms with Crippen LogP contribution in [0.15, 0.2) is 48.5 Å². The van der Waals surface area contributed by atoms with Gasteiger partial charge in [0.15, 0.2) is 0 Å². The summed E-state index contributed by atoms with van der Waals surface area (Å²) < 4.78 is 10.7. The van der Waals surface area contributed by atoms with Gasteiger partial charge in [-0.15, -0.1) is 0 Å². The summed E-state index contributed by atoms with van der Waals surface area (Å²) in [5.41, 5.74) is 11.1. The number of anilines is 1. The fraction of sp³-hybridized carbons (Fsp3) is 0.263. The Kier molecular flexibility index (Phi) is 4.82. The standard InChI is InChI=1S/C19H19N3O3/c1-24-15-8-9-17(18(12-15)25-2)22-14(11-16(21-20)19(22)23)10-13-6-4-3-5-7-13/h3-9,12,14H,10-11H2,1-2H3/t14-/m0/s1. The maximum atomic E-state index is 12.7. The van der Waals surface area contributed by atoms with Gasteiger partial charge in [0.25, 0.3) is 0 Å². The highest BCUT2D eigenvalue weighted by Gasteiger charge is 2.44. The molecule has 3 rings (SSSR count). The molecule has 2 aromatic carbocycles. The van der Waals surface area contributed by atoms with Gasteiger partial charge in [-0.2, -0.15) is 4.79 Å². The van der Waals surface area contributed by atoms with Crippen LogP contribution in [0.2, 0.25) is 0 Å². The van der Waals surface area contributed by atoms with E-state index in [0.29, 0.717) is 30.0 Å². The third-order valence-electron chi connectivity index (χ3n) is 4.34. The molecule has 1 heterocycles. The van der Waals surface area contributed by atoms with Gasteiger partial charge in [0, 0.05) is 6.07 Å². The topological polar surface area (TPSA) is 75.2 Å². The molecule has 128 valence electrons. The van der Waals surface area contributed by atoms with E-state index >= 15 is 0 Å². The van der Waals surface area contributed by atoms with Gasteiger partial charge in [-0.3, -0.25) is 9.69 Å². The SMILES string of the molecule is COc1ccc(N2C(=O)C(=[N+]=[N-])C[C@@H]2Cc2ccccc2)c(OC)c1. The molecule has 0 unspecified atom stereocenters. The van der Waals surface area contributed by atoms with Crippen molar-refractivity contribution in [2.75, 3.05) is 19.1 Å². The van der Waals surface area contributed by atoms with Gasteiger partial charge in [-0.05, 0) is 24.1 Å². The highest BCUT2D eigenvalue weighted by Crippen LogP contribution is 2.37. The Hall–Kier alpha value is -3.11. The number of rotatable bonds is 5. The average Bonchev–Trinajstić information content (AvgIpc) is 2.97. The normalized spacial score (nSPS) is 16.7. The zero-order valence-electron chi connectivity index (χ0n) is 14.2. The van der Waals surface area contributed by atoms with Crippen LogP contribution in [0.25, 0.3) is 5.53 Å². The van der Waals surface area contributed by atoms with E-state index in [9.17, 15) is 10.3 Å². The minimum Gasteiger partial charge on any atom is -0.497 e. The van der Waals surface area contributed by atoms with Gasteiger partial charge >= 0.3 is 11.6 Å². The second-order valence-corrected chi connectivity index (χ2v) is 5.81. The Morgan fingerprint density at radius 2 is 1.92 bits per heavy atom. The van der Waals surface area contributed by atoms with Crippen LogP contribution in [0.1, 0.15) is 12.0 Å². The molecule has 6 heteroatoms. The van der Waals surface area contributed by atoms with E-state index in [1.54, 1.807) is 37.3 Å². The fourth-order valence-corrected chi connectivity index (χ4v) is 3.13. The van der Waals surface area contributed by atoms with Crippen LogP contribution >= 0.6 is 0 Å². The second-order valence-electron chi connectivity index (χ2n) is 5.81. The first kappa shape index (κ1) is 16.7. The minimum atomic E-state index is -0.313. The van der Waals surface area contributed by atoms with Crippen molar-refractivity contribution in [3.8, 4) is 11.5 Å². The van der Waals surface area contributed by atoms with Crippen LogP contribution in [0.4, 0.5) is 5.69 Å². The van der Waals surface area contributed by atoms with Gasteiger partial charge in [-0.25, -0.2) is 0 Å². The number of carbonyl (C=O) groups is 1. The van der Waals surface area contributed by atoms with Crippen LogP contribution in [0.5, 0.6) is 11.5 Å². The van der Waals surface area contributed by atoms with E-state index in [4.69, 9.17) is 9.47 Å². The van der Waals surface area contributed by atoms with Gasteiger partial charge < -0.3 is 15.0 Å². The molecule has 25 heavy (non-hydrogen) atoms. The van der Waals surface area contributed by atoms with E-state index in [0.717, 1.165) is 5.56 Å². The van der Waals surface area contributed by atoms with Crippen molar-refractivity contribution >= 4 is 17.3 Å². The van der Waals surface area contributed by atoms with Crippen molar-refractivity contribution in [1.29, 1.82) is 0 Å². The lowest BCUT2D eigenvalue weighted by molar-refractivity contribution is -0.116. The van der Waals surface area contributed by atoms with E-state index in [-0.39, 0.29) is 17.7 Å². The fourth-order valence-electron chi connectivity index (χ4n) is 3.13. The lowest BCUT2D eigenvalue weighted by Crippen LogP contribution is -2.35. The summed E-state index contributed by atoms with van der Waals surface area (Å²) >= 11 is 0. The van der Waals surface area contributed by atoms with Crippen molar-refractivity contribution in [2.45, 2.75) is 18.9 Å². The third kappa shape index (κ3) is 3.25. The zero-order chi connectivity index (χ0) is 17.8. The molecule has 1 amide bonds. The quantitative estimate of drug-likeness (QED) is 0.622. The lowest BCUT2D eigenvalue weighted by atomic mass is 10.0. The minimum absolute atomic E-state index is 0.150. The summed E-state index contributed by atoms with van der Waals surface area (Å²) in [5.74, 6) is 0.861. The van der Waals surface area contributed by atoms with E-state index in [2.05, 4.69) is 4.79 Å². The first-order valence-electron chi connectivity index (χ1n) is 7.98. The summed E-state index contributed by atoms with van der Waals surface area (Å²) in [5, 5.41) is 0. The van der Waals surface area contributed by atoms with Crippen LogP contribution in [-0.4, -0.2) is 36.7 Å². The molecule has 1 fully saturated rings. The average molecular weight is 337 g/mol. The van der Waals surface area contributed by atoms with Crippen LogP contribution in [-0.2, 0) is 11.2 Å². The van der Waals surface area contributed by atoms with E-state index in [1.165, 1.54) is 0 Å². The van der Waals surface area contributed by atoms with Crippen molar-refractivity contribution in [1.82, 2.24) is 0 Å². The molecule has 1 aliphatic heterocycles. The number of hydrogen-bond donors (Lipinski definition) is 0. The molecule has 1 aliphatic rings. The van der Waals surface area contributed by atoms with Crippen molar-refractivity contribution < 1.29 is 19.1 Å². The zero-order valence-corrected chi connectivity index (χ0v) is 14.2. The summed E-state index contributed by atoms with van der Waals surface area (Å²) in [4.78, 5) is 17.5. The van der Waals surface area contributed by atoms with Crippen LogP contribution in [0, 0.1) is 0 Å². The van der Waals surface area contributed by atoms with Crippen LogP contribution in [0.3, 0.4) is 0 Å². The number of hydrogen-bond acceptors (Lipinski definition) is 3. The Balaban J connectivity index is 2.01. The molecule has 0 saturated carbocycles. The molecular formula is C19H19N3O3. The largest absolute Gasteiger partial charge is 0.497 e. The number of nitrogens with zero attached hydrogens (tertiary/aromatic N) is 3. The summed E-state index contributed by atoms with van der Waals surface area (Å²) in [7, 11) is 3.12. The summed E-state index contributed by atoms with van der Waals surface area (Å²) in [6.45, 7) is 0. The predicted octanol–water partition coefficient (Wildman–Crippen LogP) is 2.72. The maximum absolute atomic E-state index is 12.7. The van der Waals surface area contributed by atoms with Crippen molar-refractivity contribution in [2.24, 2.45) is 0 Å². The number of amides is 1. The number of methoxy groups -OCH3 is 2. The first-order chi connectivity index (χ1) is 12.2. The Labute approximate surface area is 146 Å². The summed E-state index contributed by atoms with van der Waals surface area (Å²) in [6.07, 6.45) is 1.03. The Morgan fingerprint density at radius 1 is 1.16 bits per heavy atom. The number of benzene rings is 2. The molecule has 6 nitrogen and oxygen atoms in total. The molecule has 0 bridgehead atoms. The molecule has 1 saturated heterocycles. The van der Waals surface area contributed by atoms with Crippen molar-refractivity contribution in [3.05, 3.63) is 59.6 Å². The lowest BCUT2D eigenvalue weighted by Gasteiger charge is -2.25. The van der Waals surface area contributed by atoms with Gasteiger partial charge in [-0.1, -0.05) is 30.3 Å². The molecule has 0 N–H and O–H groups in total. The predicted molar refractivity (Wildman–Crippen MR) is 94.2 cm³/mol. The van der Waals surface area contributed by atoms with E-state index in [1.807, 2.05) is 30.3 Å². The van der Waals surface area contributed by atoms with Crippen LogP contribution < -0.4 is 14.4 Å². The Bertz CT molecular complexity index is 829. The monoisotopic (exact) mass is 337 g/mol. The first-order valence-corrected chi connectivity index (χ1v) is 7.98. The van der Waals surface area contributed by atoms with Gasteiger partial charge in [0.05, 0.1) is 32.4 Å². The molecule has 2 aromatic rings. The maximum Gasteiger partial charge on any atom is 0.358 e. The van der Waals surface area contributed by atoms with E-state index < -0.39 is 0 Å². The molecular weight excluding hydrogens is 318 g/mol. The van der Waals surface area contributed by atoms with Crippen molar-refractivity contribution in [3.63, 3.8) is 0 Å². The highest BCUT2D eigenvalue weighted by atomic mass is 16.5. The molecule has 0 aromatic heterocycles. The Morgan fingerprint density at radius 3 is 2.56 bits per heavy atom. The summed E-state index contributed by atoms with van der Waals surface area (Å²) in [6, 6.07) is 15.1. The highest BCUT2D eigenvalue weighted by molar-refractivity contribution is 6.44. The third-order valence-corrected chi connectivity index (χ3v) is 4.34. The molecule has 0 radical (unpaired) electrons.